The zero-order valence-corrected chi connectivity index (χ0v) is 16.8. The summed E-state index contributed by atoms with van der Waals surface area (Å²) >= 11 is 1.68. The lowest BCUT2D eigenvalue weighted by atomic mass is 9.97. The van der Waals surface area contributed by atoms with Gasteiger partial charge in [-0.2, -0.15) is 0 Å². The molecule has 0 saturated carbocycles. The molecule has 0 saturated heterocycles. The predicted molar refractivity (Wildman–Crippen MR) is 115 cm³/mol. The molecule has 146 valence electrons. The fraction of sp³-hybridized carbons (Fsp3) is 0.174. The summed E-state index contributed by atoms with van der Waals surface area (Å²) in [6.07, 6.45) is 4.56. The lowest BCUT2D eigenvalue weighted by Gasteiger charge is -2.19. The number of nitrogens with zero attached hydrogens (tertiary/aromatic N) is 1. The van der Waals surface area contributed by atoms with E-state index in [0.29, 0.717) is 6.42 Å². The summed E-state index contributed by atoms with van der Waals surface area (Å²) in [7, 11) is 0. The number of nitrogens with one attached hydrogen (secondary N) is 2. The lowest BCUT2D eigenvalue weighted by molar-refractivity contribution is -0.130. The Hall–Kier alpha value is -3.12. The number of hydrazine groups is 1. The fourth-order valence-electron chi connectivity index (χ4n) is 3.34. The first-order chi connectivity index (χ1) is 14.1. The van der Waals surface area contributed by atoms with Crippen molar-refractivity contribution in [3.8, 4) is 0 Å². The van der Waals surface area contributed by atoms with Crippen LogP contribution in [0, 0.1) is 5.92 Å². The van der Waals surface area contributed by atoms with E-state index < -0.39 is 0 Å². The highest BCUT2D eigenvalue weighted by Crippen LogP contribution is 2.40. The third-order valence-electron chi connectivity index (χ3n) is 4.85. The Kier molecular flexibility index (Phi) is 5.62. The third-order valence-corrected chi connectivity index (χ3v) is 6.01. The number of aliphatic imine (C=N–C) groups is 1. The largest absolute Gasteiger partial charge is 0.273 e. The molecule has 1 unspecified atom stereocenters. The molecular formula is C23H21N3O2S. The molecule has 1 aliphatic carbocycles. The van der Waals surface area contributed by atoms with Crippen LogP contribution in [0.15, 0.2) is 87.2 Å². The Bertz CT molecular complexity index is 1040. The molecule has 2 aromatic rings. The molecule has 2 amide bonds. The van der Waals surface area contributed by atoms with Gasteiger partial charge >= 0.3 is 0 Å². The van der Waals surface area contributed by atoms with Gasteiger partial charge in [-0.25, -0.2) is 0 Å². The number of fused-ring (bicyclic) bond motifs is 1. The molecule has 0 bridgehead atoms. The van der Waals surface area contributed by atoms with E-state index in [1.54, 1.807) is 11.8 Å². The molecule has 2 aromatic carbocycles. The van der Waals surface area contributed by atoms with Crippen LogP contribution in [0.5, 0.6) is 0 Å². The van der Waals surface area contributed by atoms with E-state index in [9.17, 15) is 9.59 Å². The van der Waals surface area contributed by atoms with Gasteiger partial charge in [-0.15, -0.1) is 0 Å². The minimum Gasteiger partial charge on any atom is -0.273 e. The van der Waals surface area contributed by atoms with Gasteiger partial charge in [0.25, 0.3) is 0 Å². The minimum absolute atomic E-state index is 0.218. The Morgan fingerprint density at radius 3 is 2.66 bits per heavy atom. The van der Waals surface area contributed by atoms with E-state index in [-0.39, 0.29) is 24.2 Å². The molecule has 0 aromatic heterocycles. The third kappa shape index (κ3) is 4.49. The van der Waals surface area contributed by atoms with Gasteiger partial charge in [0, 0.05) is 27.5 Å². The van der Waals surface area contributed by atoms with Crippen LogP contribution in [0.25, 0.3) is 0 Å². The number of carbonyl (C=O) groups is 2. The summed E-state index contributed by atoms with van der Waals surface area (Å²) in [6, 6.07) is 17.6. The summed E-state index contributed by atoms with van der Waals surface area (Å²) in [6.45, 7) is 1.99. The van der Waals surface area contributed by atoms with Crippen molar-refractivity contribution in [2.24, 2.45) is 10.9 Å². The van der Waals surface area contributed by atoms with E-state index >= 15 is 0 Å². The maximum absolute atomic E-state index is 12.6. The normalized spacial score (nSPS) is 17.6. The molecule has 6 heteroatoms. The number of allylic oxidation sites excluding steroid dienone is 2. The highest BCUT2D eigenvalue weighted by Gasteiger charge is 2.25. The van der Waals surface area contributed by atoms with E-state index in [1.165, 1.54) is 4.90 Å². The Labute approximate surface area is 174 Å². The van der Waals surface area contributed by atoms with Crippen LogP contribution >= 0.6 is 11.8 Å². The number of benzene rings is 2. The summed E-state index contributed by atoms with van der Waals surface area (Å²) in [5.74, 6) is -0.864. The van der Waals surface area contributed by atoms with Crippen LogP contribution in [-0.2, 0) is 16.0 Å². The molecule has 5 nitrogen and oxygen atoms in total. The smallest absolute Gasteiger partial charge is 0.245 e. The average molecular weight is 404 g/mol. The zero-order chi connectivity index (χ0) is 20.2. The summed E-state index contributed by atoms with van der Waals surface area (Å²) in [5, 5.41) is 0. The van der Waals surface area contributed by atoms with Gasteiger partial charge in [-0.05, 0) is 24.6 Å². The molecule has 1 aliphatic heterocycles. The Morgan fingerprint density at radius 1 is 1.07 bits per heavy atom. The quantitative estimate of drug-likeness (QED) is 0.767. The first-order valence-corrected chi connectivity index (χ1v) is 10.3. The van der Waals surface area contributed by atoms with Crippen molar-refractivity contribution < 1.29 is 9.59 Å². The molecule has 0 fully saturated rings. The van der Waals surface area contributed by atoms with E-state index in [4.69, 9.17) is 4.99 Å². The molecule has 2 N–H and O–H groups in total. The predicted octanol–water partition coefficient (Wildman–Crippen LogP) is 3.78. The number of thioether (sulfide) groups is 1. The van der Waals surface area contributed by atoms with Crippen LogP contribution < -0.4 is 10.9 Å². The van der Waals surface area contributed by atoms with Crippen molar-refractivity contribution in [2.45, 2.75) is 24.7 Å². The van der Waals surface area contributed by atoms with Crippen molar-refractivity contribution in [3.05, 3.63) is 88.5 Å². The van der Waals surface area contributed by atoms with Gasteiger partial charge in [0.15, 0.2) is 0 Å². The summed E-state index contributed by atoms with van der Waals surface area (Å²) < 4.78 is 0. The molecule has 0 spiro atoms. The van der Waals surface area contributed by atoms with Crippen LogP contribution in [0.1, 0.15) is 24.5 Å². The minimum atomic E-state index is -0.371. The zero-order valence-electron chi connectivity index (χ0n) is 16.0. The number of amides is 2. The van der Waals surface area contributed by atoms with Crippen molar-refractivity contribution in [2.75, 3.05) is 0 Å². The van der Waals surface area contributed by atoms with Crippen LogP contribution in [-0.4, -0.2) is 17.5 Å². The molecule has 2 aliphatic rings. The monoisotopic (exact) mass is 403 g/mol. The van der Waals surface area contributed by atoms with Crippen molar-refractivity contribution in [1.82, 2.24) is 10.9 Å². The Balaban J connectivity index is 1.38. The second-order valence-electron chi connectivity index (χ2n) is 6.98. The van der Waals surface area contributed by atoms with Gasteiger partial charge in [0.2, 0.25) is 11.8 Å². The summed E-state index contributed by atoms with van der Waals surface area (Å²) in [4.78, 5) is 31.6. The summed E-state index contributed by atoms with van der Waals surface area (Å²) in [5.41, 5.74) is 8.92. The number of carbonyl (C=O) groups excluding carboxylic acids is 2. The Morgan fingerprint density at radius 2 is 1.83 bits per heavy atom. The highest BCUT2D eigenvalue weighted by molar-refractivity contribution is 8.03. The molecule has 29 heavy (non-hydrogen) atoms. The van der Waals surface area contributed by atoms with Gasteiger partial charge in [0.05, 0.1) is 18.0 Å². The second-order valence-corrected chi connectivity index (χ2v) is 8.06. The fourth-order valence-corrected chi connectivity index (χ4v) is 4.44. The van der Waals surface area contributed by atoms with Crippen molar-refractivity contribution >= 4 is 29.3 Å². The molecule has 4 rings (SSSR count). The van der Waals surface area contributed by atoms with Crippen LogP contribution in [0.2, 0.25) is 0 Å². The number of hydrogen-bond acceptors (Lipinski definition) is 4. The maximum atomic E-state index is 12.6. The molecule has 0 radical (unpaired) electrons. The first kappa shape index (κ1) is 19.2. The van der Waals surface area contributed by atoms with Crippen molar-refractivity contribution in [3.63, 3.8) is 0 Å². The highest BCUT2D eigenvalue weighted by atomic mass is 32.2. The molecule has 1 atom stereocenters. The second kappa shape index (κ2) is 8.49. The van der Waals surface area contributed by atoms with Gasteiger partial charge in [-0.3, -0.25) is 25.4 Å². The van der Waals surface area contributed by atoms with Crippen molar-refractivity contribution in [1.29, 1.82) is 0 Å². The maximum Gasteiger partial charge on any atom is 0.245 e. The average Bonchev–Trinajstić information content (AvgIpc) is 2.88. The number of hydrogen-bond donors (Lipinski definition) is 2. The van der Waals surface area contributed by atoms with Crippen LogP contribution in [0.4, 0.5) is 0 Å². The van der Waals surface area contributed by atoms with Gasteiger partial charge in [0.1, 0.15) is 0 Å². The SMILES string of the molecule is CC1=NC2=C(C=CC(C(=O)NNC(=O)Cc3ccccc3)C2)Sc2ccccc21. The topological polar surface area (TPSA) is 70.6 Å². The first-order valence-electron chi connectivity index (χ1n) is 9.46. The molecular weight excluding hydrogens is 382 g/mol. The number of rotatable bonds is 3. The van der Waals surface area contributed by atoms with E-state index in [2.05, 4.69) is 23.0 Å². The van der Waals surface area contributed by atoms with Crippen LogP contribution in [0.3, 0.4) is 0 Å². The molecule has 1 heterocycles. The van der Waals surface area contributed by atoms with Gasteiger partial charge < -0.3 is 0 Å². The van der Waals surface area contributed by atoms with Gasteiger partial charge in [-0.1, -0.05) is 66.4 Å². The van der Waals surface area contributed by atoms with E-state index in [1.807, 2.05) is 61.5 Å². The standard InChI is InChI=1S/C23H21N3O2S/c1-15-18-9-5-6-10-20(18)29-21-12-11-17(14-19(21)24-15)23(28)26-25-22(27)13-16-7-3-2-4-8-16/h2-12,17H,13-14H2,1H3,(H,25,27)(H,26,28). The lowest BCUT2D eigenvalue weighted by Crippen LogP contribution is -2.45. The van der Waals surface area contributed by atoms with E-state index in [0.717, 1.165) is 27.4 Å².